The number of nitrogens with zero attached hydrogens (tertiary/aromatic N) is 1. The lowest BCUT2D eigenvalue weighted by Gasteiger charge is -2.11. The number of hydrogen-bond acceptors (Lipinski definition) is 5. The highest BCUT2D eigenvalue weighted by atomic mass is 32.1. The van der Waals surface area contributed by atoms with E-state index in [0.29, 0.717) is 11.3 Å². The van der Waals surface area contributed by atoms with Crippen LogP contribution in [0.1, 0.15) is 68.3 Å². The molecular formula is C23H27N3O2S. The normalized spacial score (nSPS) is 20.8. The second-order valence-corrected chi connectivity index (χ2v) is 6.55. The van der Waals surface area contributed by atoms with Crippen molar-refractivity contribution in [3.05, 3.63) is 76.1 Å². The van der Waals surface area contributed by atoms with E-state index in [9.17, 15) is 9.90 Å². The fourth-order valence-electron chi connectivity index (χ4n) is 2.13. The predicted molar refractivity (Wildman–Crippen MR) is 119 cm³/mol. The van der Waals surface area contributed by atoms with E-state index < -0.39 is 109 Å². The summed E-state index contributed by atoms with van der Waals surface area (Å²) in [6, 6.07) is -6.11. The number of amides is 1. The van der Waals surface area contributed by atoms with Crippen molar-refractivity contribution in [2.75, 3.05) is 11.1 Å². The predicted octanol–water partition coefficient (Wildman–Crippen LogP) is 4.66. The maximum atomic E-state index is 12.8. The summed E-state index contributed by atoms with van der Waals surface area (Å²) in [6.07, 6.45) is -12.3. The van der Waals surface area contributed by atoms with E-state index >= 15 is 0 Å². The quantitative estimate of drug-likeness (QED) is 0.466. The van der Waals surface area contributed by atoms with Crippen LogP contribution in [0.5, 0.6) is 0 Å². The number of carbonyl (C=O) groups is 1. The van der Waals surface area contributed by atoms with Crippen LogP contribution in [0, 0.1) is 6.92 Å². The summed E-state index contributed by atoms with van der Waals surface area (Å²) in [5.74, 6) is -1.51. The number of benzene rings is 2. The minimum absolute atomic E-state index is 0.0122. The molecule has 3 rings (SSSR count). The number of aliphatic hydroxyl groups excluding tert-OH is 1. The van der Waals surface area contributed by atoms with E-state index in [1.54, 1.807) is 0 Å². The van der Waals surface area contributed by atoms with Crippen LogP contribution in [0.15, 0.2) is 53.7 Å². The molecule has 3 aromatic rings. The first-order chi connectivity index (χ1) is 20.0. The maximum Gasteiger partial charge on any atom is 0.230 e. The molecule has 6 heteroatoms. The van der Waals surface area contributed by atoms with Crippen LogP contribution >= 0.6 is 11.3 Å². The van der Waals surface area contributed by atoms with Gasteiger partial charge >= 0.3 is 0 Å². The van der Waals surface area contributed by atoms with E-state index in [1.807, 2.05) is 5.32 Å². The molecule has 152 valence electrons. The molecule has 29 heavy (non-hydrogen) atoms. The lowest BCUT2D eigenvalue weighted by atomic mass is 10.00. The molecule has 1 heterocycles. The van der Waals surface area contributed by atoms with Crippen molar-refractivity contribution in [2.45, 2.75) is 45.0 Å². The van der Waals surface area contributed by atoms with Crippen LogP contribution in [-0.4, -0.2) is 16.0 Å². The number of thiazole rings is 1. The zero-order valence-corrected chi connectivity index (χ0v) is 16.1. The van der Waals surface area contributed by atoms with Gasteiger partial charge < -0.3 is 16.2 Å². The van der Waals surface area contributed by atoms with Gasteiger partial charge in [-0.05, 0) is 49.3 Å². The zero-order valence-electron chi connectivity index (χ0n) is 30.3. The van der Waals surface area contributed by atoms with Gasteiger partial charge in [0.2, 0.25) is 5.91 Å². The van der Waals surface area contributed by atoms with Gasteiger partial charge in [0, 0.05) is 19.3 Å². The molecule has 0 aliphatic heterocycles. The third kappa shape index (κ3) is 6.69. The molecule has 0 unspecified atom stereocenters. The molecule has 2 aromatic carbocycles. The topological polar surface area (TPSA) is 88.2 Å². The molecular weight excluding hydrogens is 382 g/mol. The van der Waals surface area contributed by atoms with E-state index in [2.05, 4.69) is 4.98 Å². The van der Waals surface area contributed by atoms with Crippen molar-refractivity contribution >= 4 is 28.1 Å². The van der Waals surface area contributed by atoms with E-state index in [-0.39, 0.29) is 22.3 Å². The molecule has 5 nitrogen and oxygen atoms in total. The Morgan fingerprint density at radius 1 is 1.34 bits per heavy atom. The summed E-state index contributed by atoms with van der Waals surface area (Å²) in [5, 5.41) is 12.0. The highest BCUT2D eigenvalue weighted by Crippen LogP contribution is 2.21. The minimum Gasteiger partial charge on any atom is -0.388 e. The third-order valence-corrected chi connectivity index (χ3v) is 4.02. The number of hydrogen-bond donors (Lipinski definition) is 3. The summed E-state index contributed by atoms with van der Waals surface area (Å²) in [5.41, 5.74) is 2.66. The Kier molecular flexibility index (Phi) is 3.15. The van der Waals surface area contributed by atoms with Gasteiger partial charge in [-0.25, -0.2) is 4.98 Å². The van der Waals surface area contributed by atoms with Crippen LogP contribution in [-0.2, 0) is 17.5 Å². The van der Waals surface area contributed by atoms with Crippen molar-refractivity contribution < 1.29 is 30.5 Å². The first-order valence-electron chi connectivity index (χ1n) is 15.9. The fraction of sp³-hybridized carbons (Fsp3) is 0.304. The van der Waals surface area contributed by atoms with Crippen molar-refractivity contribution in [2.24, 2.45) is 0 Å². The second-order valence-electron chi connectivity index (χ2n) is 5.73. The highest BCUT2D eigenvalue weighted by Gasteiger charge is 2.08. The van der Waals surface area contributed by atoms with Crippen LogP contribution in [0.25, 0.3) is 0 Å². The number of nitrogen functional groups attached to an aromatic ring is 1. The van der Waals surface area contributed by atoms with Crippen molar-refractivity contribution in [1.29, 1.82) is 0 Å². The molecule has 0 aliphatic carbocycles. The molecule has 0 saturated heterocycles. The van der Waals surface area contributed by atoms with Gasteiger partial charge in [-0.2, -0.15) is 0 Å². The standard InChI is InChI=1S/C23H27N3O2S/c1-16-5-4-7-18(13-16)21(27)8-3-2-6-17-9-11-19(12-10-17)25-22(28)14-20-15-29-23(24)26-20/h4-5,7,9-13,15,21,27H,2-3,6,8,14H2,1H3,(H2,24,26)(H,25,28)/t21-/m0/s1/i2D2,4D,5D,6D2,7D,9D,10D,11D,12D,13D,14D2,15D. The van der Waals surface area contributed by atoms with Gasteiger partial charge in [0.15, 0.2) is 5.13 Å². The van der Waals surface area contributed by atoms with Crippen LogP contribution in [0.2, 0.25) is 0 Å². The lowest BCUT2D eigenvalue weighted by Crippen LogP contribution is -2.14. The second kappa shape index (κ2) is 10.2. The zero-order chi connectivity index (χ0) is 33.9. The SMILES string of the molecule is [2H]c1sc(N)nc1C([2H])([2H])C(=O)Nc1c([2H])c([2H])c(C([2H])([2H])C([2H])([2H])CC[C@H](O)c2c([2H])c([2H])c([2H])c(C)c2[2H])c([2H])c1[2H]. The Bertz CT molecular complexity index is 1590. The number of anilines is 2. The molecule has 0 fully saturated rings. The van der Waals surface area contributed by atoms with E-state index in [0.717, 1.165) is 0 Å². The summed E-state index contributed by atoms with van der Waals surface area (Å²) in [7, 11) is 0. The smallest absolute Gasteiger partial charge is 0.230 e. The van der Waals surface area contributed by atoms with E-state index in [4.69, 9.17) is 26.3 Å². The summed E-state index contributed by atoms with van der Waals surface area (Å²) in [4.78, 5) is 16.4. The van der Waals surface area contributed by atoms with E-state index in [1.165, 1.54) is 6.92 Å². The van der Waals surface area contributed by atoms with Gasteiger partial charge in [-0.1, -0.05) is 48.2 Å². The molecule has 1 aromatic heterocycles. The van der Waals surface area contributed by atoms with Crippen molar-refractivity contribution in [3.8, 4) is 0 Å². The van der Waals surface area contributed by atoms with Crippen molar-refractivity contribution in [1.82, 2.24) is 4.98 Å². The lowest BCUT2D eigenvalue weighted by molar-refractivity contribution is -0.115. The maximum absolute atomic E-state index is 12.8. The number of rotatable bonds is 9. The average Bonchev–Trinajstić information content (AvgIpc) is 3.29. The Labute approximate surface area is 196 Å². The van der Waals surface area contributed by atoms with Crippen LogP contribution in [0.3, 0.4) is 0 Å². The minimum atomic E-state index is -3.24. The molecule has 0 spiro atoms. The number of nitrogens with two attached hydrogens (primary N) is 1. The van der Waals surface area contributed by atoms with Gasteiger partial charge in [-0.3, -0.25) is 4.79 Å². The van der Waals surface area contributed by atoms with Gasteiger partial charge in [-0.15, -0.1) is 11.3 Å². The molecule has 0 radical (unpaired) electrons. The summed E-state index contributed by atoms with van der Waals surface area (Å²) < 4.78 is 123. The molecule has 1 amide bonds. The number of aliphatic hydroxyl groups is 1. The summed E-state index contributed by atoms with van der Waals surface area (Å²) >= 11 is 0.597. The first kappa shape index (κ1) is 8.98. The Hall–Kier alpha value is -2.70. The Balaban J connectivity index is 1.96. The Morgan fingerprint density at radius 2 is 2.14 bits per heavy atom. The van der Waals surface area contributed by atoms with Gasteiger partial charge in [0.25, 0.3) is 0 Å². The van der Waals surface area contributed by atoms with Gasteiger partial charge in [0.05, 0.1) is 30.5 Å². The highest BCUT2D eigenvalue weighted by molar-refractivity contribution is 7.13. The summed E-state index contributed by atoms with van der Waals surface area (Å²) in [6.45, 7) is 1.35. The third-order valence-electron chi connectivity index (χ3n) is 3.43. The molecule has 0 aliphatic rings. The first-order valence-corrected chi connectivity index (χ1v) is 9.22. The fourth-order valence-corrected chi connectivity index (χ4v) is 2.56. The van der Waals surface area contributed by atoms with Crippen LogP contribution < -0.4 is 11.1 Å². The molecule has 4 N–H and O–H groups in total. The monoisotopic (exact) mass is 424 g/mol. The Morgan fingerprint density at radius 3 is 2.86 bits per heavy atom. The molecule has 1 atom stereocenters. The number of aromatic nitrogens is 1. The van der Waals surface area contributed by atoms with Crippen LogP contribution in [0.4, 0.5) is 10.8 Å². The molecule has 0 saturated carbocycles. The average molecular weight is 425 g/mol. The molecule has 0 bridgehead atoms. The number of carbonyl (C=O) groups excluding carboxylic acids is 1. The van der Waals surface area contributed by atoms with Crippen molar-refractivity contribution in [3.63, 3.8) is 0 Å². The van der Waals surface area contributed by atoms with Gasteiger partial charge in [0.1, 0.15) is 0 Å². The number of nitrogens with one attached hydrogen (secondary N) is 1. The largest absolute Gasteiger partial charge is 0.388 e.